The molecular formula is C20H23N3O3. The number of imide groups is 1. The number of carbonyl (C=O) groups is 3. The van der Waals surface area contributed by atoms with Crippen molar-refractivity contribution in [3.05, 3.63) is 41.5 Å². The van der Waals surface area contributed by atoms with E-state index in [-0.39, 0.29) is 42.2 Å². The Morgan fingerprint density at radius 3 is 2.08 bits per heavy atom. The Hall–Kier alpha value is -2.63. The highest BCUT2D eigenvalue weighted by Gasteiger charge is 2.56. The molecule has 2 fully saturated rings. The lowest BCUT2D eigenvalue weighted by Gasteiger charge is -2.38. The third kappa shape index (κ3) is 2.60. The highest BCUT2D eigenvalue weighted by atomic mass is 16.2. The first-order chi connectivity index (χ1) is 12.5. The summed E-state index contributed by atoms with van der Waals surface area (Å²) < 4.78 is 0. The molecule has 5 rings (SSSR count). The summed E-state index contributed by atoms with van der Waals surface area (Å²) >= 11 is 0. The van der Waals surface area contributed by atoms with Crippen molar-refractivity contribution >= 4 is 23.5 Å². The van der Waals surface area contributed by atoms with Crippen LogP contribution in [0.2, 0.25) is 0 Å². The molecule has 1 saturated carbocycles. The van der Waals surface area contributed by atoms with E-state index in [0.717, 1.165) is 29.7 Å². The number of benzene rings is 1. The van der Waals surface area contributed by atoms with Gasteiger partial charge in [0.05, 0.1) is 11.8 Å². The molecule has 1 heterocycles. The Balaban J connectivity index is 1.42. The standard InChI is InChI=1S/C20H23N3O3/c1-11-4-3-5-12(2)17(11)22-20(26)21-10-23-18(24)15-13-6-7-14(9-8-13)16(15)19(23)25/h3-7,13-16H,8-10H2,1-2H3,(H2,21,22,26)/t13-,14-,15-,16+/m0/s1. The van der Waals surface area contributed by atoms with Crippen molar-refractivity contribution in [1.82, 2.24) is 10.2 Å². The number of allylic oxidation sites excluding steroid dienone is 2. The molecule has 26 heavy (non-hydrogen) atoms. The smallest absolute Gasteiger partial charge is 0.320 e. The van der Waals surface area contributed by atoms with E-state index in [1.165, 1.54) is 4.90 Å². The number of carbonyl (C=O) groups excluding carboxylic acids is 3. The van der Waals surface area contributed by atoms with Crippen LogP contribution in [0.25, 0.3) is 0 Å². The number of hydrogen-bond acceptors (Lipinski definition) is 3. The molecule has 1 aromatic carbocycles. The van der Waals surface area contributed by atoms with Crippen LogP contribution in [0.5, 0.6) is 0 Å². The zero-order valence-corrected chi connectivity index (χ0v) is 15.0. The number of rotatable bonds is 3. The quantitative estimate of drug-likeness (QED) is 0.648. The van der Waals surface area contributed by atoms with Crippen LogP contribution in [-0.4, -0.2) is 29.4 Å². The lowest BCUT2D eigenvalue weighted by atomic mass is 9.63. The number of nitrogens with one attached hydrogen (secondary N) is 2. The van der Waals surface area contributed by atoms with Crippen molar-refractivity contribution in [3.63, 3.8) is 0 Å². The Morgan fingerprint density at radius 1 is 1.04 bits per heavy atom. The summed E-state index contributed by atoms with van der Waals surface area (Å²) in [6, 6.07) is 5.35. The van der Waals surface area contributed by atoms with E-state index < -0.39 is 6.03 Å². The third-order valence-corrected chi connectivity index (χ3v) is 5.97. The third-order valence-electron chi connectivity index (χ3n) is 5.97. The molecule has 6 nitrogen and oxygen atoms in total. The van der Waals surface area contributed by atoms with Gasteiger partial charge < -0.3 is 10.6 Å². The summed E-state index contributed by atoms with van der Waals surface area (Å²) in [5, 5.41) is 5.48. The van der Waals surface area contributed by atoms with Crippen molar-refractivity contribution in [2.75, 3.05) is 12.0 Å². The van der Waals surface area contributed by atoms with Crippen LogP contribution in [0.15, 0.2) is 30.4 Å². The van der Waals surface area contributed by atoms with Gasteiger partial charge in [0.1, 0.15) is 6.67 Å². The van der Waals surface area contributed by atoms with Crippen molar-refractivity contribution < 1.29 is 14.4 Å². The maximum Gasteiger partial charge on any atom is 0.320 e. The van der Waals surface area contributed by atoms with Crippen molar-refractivity contribution in [1.29, 1.82) is 0 Å². The van der Waals surface area contributed by atoms with Crippen LogP contribution >= 0.6 is 0 Å². The molecule has 0 aromatic heterocycles. The summed E-state index contributed by atoms with van der Waals surface area (Å²) in [7, 11) is 0. The molecule has 1 aromatic rings. The Morgan fingerprint density at radius 2 is 1.58 bits per heavy atom. The fourth-order valence-corrected chi connectivity index (χ4v) is 4.61. The van der Waals surface area contributed by atoms with E-state index in [9.17, 15) is 14.4 Å². The minimum atomic E-state index is -0.418. The molecule has 0 unspecified atom stereocenters. The molecule has 3 aliphatic carbocycles. The number of nitrogens with zero attached hydrogens (tertiary/aromatic N) is 1. The number of likely N-dealkylation sites (tertiary alicyclic amines) is 1. The lowest BCUT2D eigenvalue weighted by Crippen LogP contribution is -2.43. The van der Waals surface area contributed by atoms with Crippen molar-refractivity contribution in [2.24, 2.45) is 23.7 Å². The molecule has 0 spiro atoms. The summed E-state index contributed by atoms with van der Waals surface area (Å²) in [6.45, 7) is 3.76. The van der Waals surface area contributed by atoms with Gasteiger partial charge in [0.2, 0.25) is 11.8 Å². The van der Waals surface area contributed by atoms with Gasteiger partial charge >= 0.3 is 6.03 Å². The predicted octanol–water partition coefficient (Wildman–Crippen LogP) is 2.58. The number of aryl methyl sites for hydroxylation is 2. The Labute approximate surface area is 152 Å². The second-order valence-electron chi connectivity index (χ2n) is 7.50. The summed E-state index contributed by atoms with van der Waals surface area (Å²) in [4.78, 5) is 38.9. The van der Waals surface area contributed by atoms with Gasteiger partial charge in [-0.3, -0.25) is 14.5 Å². The van der Waals surface area contributed by atoms with Crippen LogP contribution in [-0.2, 0) is 9.59 Å². The molecule has 4 atom stereocenters. The molecule has 6 heteroatoms. The maximum absolute atomic E-state index is 12.7. The van der Waals surface area contributed by atoms with Gasteiger partial charge in [-0.05, 0) is 49.7 Å². The van der Waals surface area contributed by atoms with E-state index in [1.54, 1.807) is 0 Å². The number of amides is 4. The van der Waals surface area contributed by atoms with E-state index in [0.29, 0.717) is 0 Å². The Kier molecular flexibility index (Phi) is 4.05. The van der Waals surface area contributed by atoms with Crippen LogP contribution in [0.1, 0.15) is 24.0 Å². The van der Waals surface area contributed by atoms with Gasteiger partial charge in [0, 0.05) is 5.69 Å². The first-order valence-corrected chi connectivity index (χ1v) is 9.12. The molecule has 4 aliphatic rings. The fourth-order valence-electron chi connectivity index (χ4n) is 4.61. The van der Waals surface area contributed by atoms with Gasteiger partial charge in [0.15, 0.2) is 0 Å². The molecule has 4 amide bonds. The Bertz CT molecular complexity index is 764. The monoisotopic (exact) mass is 353 g/mol. The summed E-state index contributed by atoms with van der Waals surface area (Å²) in [5.41, 5.74) is 2.67. The molecule has 136 valence electrons. The average Bonchev–Trinajstić information content (AvgIpc) is 2.90. The maximum atomic E-state index is 12.7. The molecule has 2 bridgehead atoms. The van der Waals surface area contributed by atoms with E-state index in [4.69, 9.17) is 0 Å². The van der Waals surface area contributed by atoms with Gasteiger partial charge in [-0.1, -0.05) is 30.4 Å². The summed E-state index contributed by atoms with van der Waals surface area (Å²) in [6.07, 6.45) is 6.11. The average molecular weight is 353 g/mol. The van der Waals surface area contributed by atoms with Crippen molar-refractivity contribution in [3.8, 4) is 0 Å². The topological polar surface area (TPSA) is 78.5 Å². The SMILES string of the molecule is Cc1cccc(C)c1NC(=O)NCN1C(=O)[C@@H]2[C@H](C1=O)[C@H]1C=C[C@H]2CC1. The van der Waals surface area contributed by atoms with Crippen LogP contribution in [0.3, 0.4) is 0 Å². The minimum Gasteiger partial charge on any atom is -0.320 e. The predicted molar refractivity (Wildman–Crippen MR) is 97.1 cm³/mol. The van der Waals surface area contributed by atoms with Crippen LogP contribution in [0, 0.1) is 37.5 Å². The number of anilines is 1. The zero-order chi connectivity index (χ0) is 18.4. The van der Waals surface area contributed by atoms with Gasteiger partial charge in [-0.2, -0.15) is 0 Å². The number of fused-ring (bicyclic) bond motifs is 1. The van der Waals surface area contributed by atoms with Crippen LogP contribution in [0.4, 0.5) is 10.5 Å². The molecule has 1 saturated heterocycles. The van der Waals surface area contributed by atoms with Gasteiger partial charge in [0.25, 0.3) is 0 Å². The minimum absolute atomic E-state index is 0.0825. The molecule has 1 aliphatic heterocycles. The summed E-state index contributed by atoms with van der Waals surface area (Å²) in [5.74, 6) is -0.452. The highest BCUT2D eigenvalue weighted by molar-refractivity contribution is 6.06. The van der Waals surface area contributed by atoms with Gasteiger partial charge in [-0.25, -0.2) is 4.79 Å². The van der Waals surface area contributed by atoms with E-state index >= 15 is 0 Å². The lowest BCUT2D eigenvalue weighted by molar-refractivity contribution is -0.140. The number of hydrogen-bond donors (Lipinski definition) is 2. The highest BCUT2D eigenvalue weighted by Crippen LogP contribution is 2.49. The first-order valence-electron chi connectivity index (χ1n) is 9.12. The molecule has 2 N–H and O–H groups in total. The van der Waals surface area contributed by atoms with Crippen molar-refractivity contribution in [2.45, 2.75) is 26.7 Å². The molecular weight excluding hydrogens is 330 g/mol. The number of para-hydroxylation sites is 1. The second-order valence-corrected chi connectivity index (χ2v) is 7.50. The van der Waals surface area contributed by atoms with Gasteiger partial charge in [-0.15, -0.1) is 0 Å². The van der Waals surface area contributed by atoms with E-state index in [1.807, 2.05) is 32.0 Å². The number of urea groups is 1. The normalized spacial score (nSPS) is 29.1. The largest absolute Gasteiger partial charge is 0.320 e. The van der Waals surface area contributed by atoms with Crippen LogP contribution < -0.4 is 10.6 Å². The molecule has 0 radical (unpaired) electrons. The first kappa shape index (κ1) is 16.8. The second kappa shape index (κ2) is 6.27. The zero-order valence-electron chi connectivity index (χ0n) is 15.0. The fraction of sp³-hybridized carbons (Fsp3) is 0.450. The van der Waals surface area contributed by atoms with E-state index in [2.05, 4.69) is 22.8 Å².